The SMILES string of the molecule is CC1(c2ccc3c(c2)OCO3)CCCNC1. The summed E-state index contributed by atoms with van der Waals surface area (Å²) in [5.74, 6) is 1.76. The third-order valence-electron chi connectivity index (χ3n) is 3.67. The number of piperidine rings is 1. The lowest BCUT2D eigenvalue weighted by molar-refractivity contribution is 0.174. The molecule has 1 unspecified atom stereocenters. The predicted octanol–water partition coefficient (Wildman–Crippen LogP) is 2.06. The van der Waals surface area contributed by atoms with Crippen molar-refractivity contribution in [2.75, 3.05) is 19.9 Å². The lowest BCUT2D eigenvalue weighted by Crippen LogP contribution is -2.41. The van der Waals surface area contributed by atoms with Gasteiger partial charge in [0.1, 0.15) is 0 Å². The van der Waals surface area contributed by atoms with Crippen molar-refractivity contribution in [2.24, 2.45) is 0 Å². The molecule has 16 heavy (non-hydrogen) atoms. The summed E-state index contributed by atoms with van der Waals surface area (Å²) in [5, 5.41) is 3.47. The van der Waals surface area contributed by atoms with Crippen molar-refractivity contribution >= 4 is 0 Å². The molecule has 3 nitrogen and oxygen atoms in total. The minimum Gasteiger partial charge on any atom is -0.454 e. The molecule has 2 aliphatic rings. The molecule has 2 heterocycles. The number of nitrogens with one attached hydrogen (secondary N) is 1. The van der Waals surface area contributed by atoms with Gasteiger partial charge in [-0.25, -0.2) is 0 Å². The zero-order chi connectivity index (χ0) is 11.0. The Bertz CT molecular complexity index is 397. The van der Waals surface area contributed by atoms with E-state index in [-0.39, 0.29) is 5.41 Å². The van der Waals surface area contributed by atoms with Crippen LogP contribution in [0, 0.1) is 0 Å². The second kappa shape index (κ2) is 3.67. The second-order valence-electron chi connectivity index (χ2n) is 4.91. The van der Waals surface area contributed by atoms with Gasteiger partial charge in [-0.2, -0.15) is 0 Å². The Kier molecular flexibility index (Phi) is 2.28. The normalized spacial score (nSPS) is 28.1. The average molecular weight is 219 g/mol. The van der Waals surface area contributed by atoms with Crippen LogP contribution in [0.15, 0.2) is 18.2 Å². The molecule has 0 radical (unpaired) electrons. The first kappa shape index (κ1) is 9.97. The molecule has 86 valence electrons. The van der Waals surface area contributed by atoms with Crippen LogP contribution in [0.5, 0.6) is 11.5 Å². The summed E-state index contributed by atoms with van der Waals surface area (Å²) in [4.78, 5) is 0. The zero-order valence-electron chi connectivity index (χ0n) is 9.58. The fourth-order valence-corrected chi connectivity index (χ4v) is 2.57. The highest BCUT2D eigenvalue weighted by atomic mass is 16.7. The lowest BCUT2D eigenvalue weighted by atomic mass is 9.76. The third kappa shape index (κ3) is 1.55. The van der Waals surface area contributed by atoms with E-state index in [1.54, 1.807) is 0 Å². The van der Waals surface area contributed by atoms with Crippen molar-refractivity contribution < 1.29 is 9.47 Å². The number of hydrogen-bond donors (Lipinski definition) is 1. The minimum atomic E-state index is 0.235. The highest BCUT2D eigenvalue weighted by Gasteiger charge is 2.30. The Hall–Kier alpha value is -1.22. The largest absolute Gasteiger partial charge is 0.454 e. The summed E-state index contributed by atoms with van der Waals surface area (Å²) < 4.78 is 10.8. The number of benzene rings is 1. The molecule has 3 heteroatoms. The van der Waals surface area contributed by atoms with Gasteiger partial charge in [0.2, 0.25) is 6.79 Å². The summed E-state index contributed by atoms with van der Waals surface area (Å²) in [6.07, 6.45) is 2.48. The maximum absolute atomic E-state index is 5.43. The van der Waals surface area contributed by atoms with Gasteiger partial charge in [-0.1, -0.05) is 13.0 Å². The predicted molar refractivity (Wildman–Crippen MR) is 62.0 cm³/mol. The van der Waals surface area contributed by atoms with Crippen LogP contribution in [-0.4, -0.2) is 19.9 Å². The van der Waals surface area contributed by atoms with Crippen molar-refractivity contribution in [3.05, 3.63) is 23.8 Å². The quantitative estimate of drug-likeness (QED) is 0.784. The average Bonchev–Trinajstić information content (AvgIpc) is 2.77. The topological polar surface area (TPSA) is 30.5 Å². The van der Waals surface area contributed by atoms with E-state index < -0.39 is 0 Å². The maximum Gasteiger partial charge on any atom is 0.231 e. The summed E-state index contributed by atoms with van der Waals surface area (Å²) in [5.41, 5.74) is 1.59. The van der Waals surface area contributed by atoms with Crippen molar-refractivity contribution in [1.82, 2.24) is 5.32 Å². The molecule has 1 saturated heterocycles. The Labute approximate surface area is 95.8 Å². The van der Waals surface area contributed by atoms with Crippen molar-refractivity contribution in [1.29, 1.82) is 0 Å². The zero-order valence-corrected chi connectivity index (χ0v) is 9.58. The Morgan fingerprint density at radius 2 is 2.12 bits per heavy atom. The van der Waals surface area contributed by atoms with Crippen LogP contribution in [-0.2, 0) is 5.41 Å². The molecule has 0 aromatic heterocycles. The van der Waals surface area contributed by atoms with Gasteiger partial charge in [0.25, 0.3) is 0 Å². The van der Waals surface area contributed by atoms with Crippen LogP contribution < -0.4 is 14.8 Å². The Morgan fingerprint density at radius 3 is 2.94 bits per heavy atom. The van der Waals surface area contributed by atoms with E-state index in [1.165, 1.54) is 18.4 Å². The number of hydrogen-bond acceptors (Lipinski definition) is 3. The third-order valence-corrected chi connectivity index (χ3v) is 3.67. The highest BCUT2D eigenvalue weighted by Crippen LogP contribution is 2.38. The highest BCUT2D eigenvalue weighted by molar-refractivity contribution is 5.46. The smallest absolute Gasteiger partial charge is 0.231 e. The van der Waals surface area contributed by atoms with E-state index in [0.717, 1.165) is 24.6 Å². The summed E-state index contributed by atoms with van der Waals surface area (Å²) in [7, 11) is 0. The summed E-state index contributed by atoms with van der Waals surface area (Å²) >= 11 is 0. The molecule has 0 aliphatic carbocycles. The molecule has 1 aromatic carbocycles. The molecular weight excluding hydrogens is 202 g/mol. The molecule has 0 bridgehead atoms. The van der Waals surface area contributed by atoms with E-state index in [9.17, 15) is 0 Å². The molecule has 0 saturated carbocycles. The maximum atomic E-state index is 5.43. The van der Waals surface area contributed by atoms with Crippen LogP contribution in [0.2, 0.25) is 0 Å². The van der Waals surface area contributed by atoms with Gasteiger partial charge in [0.15, 0.2) is 11.5 Å². The molecule has 1 N–H and O–H groups in total. The van der Waals surface area contributed by atoms with Crippen LogP contribution >= 0.6 is 0 Å². The standard InChI is InChI=1S/C13H17NO2/c1-13(5-2-6-14-8-13)10-3-4-11-12(7-10)16-9-15-11/h3-4,7,14H,2,5-6,8-9H2,1H3. The van der Waals surface area contributed by atoms with E-state index in [1.807, 2.05) is 6.07 Å². The van der Waals surface area contributed by atoms with Gasteiger partial charge < -0.3 is 14.8 Å². The molecular formula is C13H17NO2. The van der Waals surface area contributed by atoms with Crippen molar-refractivity contribution in [3.8, 4) is 11.5 Å². The second-order valence-corrected chi connectivity index (χ2v) is 4.91. The Balaban J connectivity index is 1.93. The van der Waals surface area contributed by atoms with Gasteiger partial charge in [-0.05, 0) is 37.1 Å². The molecule has 1 aromatic rings. The Morgan fingerprint density at radius 1 is 1.25 bits per heavy atom. The van der Waals surface area contributed by atoms with E-state index >= 15 is 0 Å². The molecule has 2 aliphatic heterocycles. The van der Waals surface area contributed by atoms with Gasteiger partial charge >= 0.3 is 0 Å². The first-order chi connectivity index (χ1) is 7.78. The van der Waals surface area contributed by atoms with E-state index in [2.05, 4.69) is 24.4 Å². The fourth-order valence-electron chi connectivity index (χ4n) is 2.57. The first-order valence-corrected chi connectivity index (χ1v) is 5.89. The number of rotatable bonds is 1. The van der Waals surface area contributed by atoms with Crippen molar-refractivity contribution in [3.63, 3.8) is 0 Å². The van der Waals surface area contributed by atoms with Crippen LogP contribution in [0.4, 0.5) is 0 Å². The first-order valence-electron chi connectivity index (χ1n) is 5.89. The summed E-state index contributed by atoms with van der Waals surface area (Å²) in [6, 6.07) is 6.33. The van der Waals surface area contributed by atoms with Gasteiger partial charge in [-0.15, -0.1) is 0 Å². The number of fused-ring (bicyclic) bond motifs is 1. The van der Waals surface area contributed by atoms with Crippen LogP contribution in [0.1, 0.15) is 25.3 Å². The van der Waals surface area contributed by atoms with Gasteiger partial charge in [0, 0.05) is 12.0 Å². The molecule has 1 fully saturated rings. The van der Waals surface area contributed by atoms with Gasteiger partial charge in [0.05, 0.1) is 0 Å². The molecule has 0 amide bonds. The number of ether oxygens (including phenoxy) is 2. The van der Waals surface area contributed by atoms with E-state index in [0.29, 0.717) is 6.79 Å². The summed E-state index contributed by atoms with van der Waals surface area (Å²) in [6.45, 7) is 4.86. The van der Waals surface area contributed by atoms with Gasteiger partial charge in [-0.3, -0.25) is 0 Å². The lowest BCUT2D eigenvalue weighted by Gasteiger charge is -2.34. The van der Waals surface area contributed by atoms with Crippen LogP contribution in [0.25, 0.3) is 0 Å². The van der Waals surface area contributed by atoms with E-state index in [4.69, 9.17) is 9.47 Å². The van der Waals surface area contributed by atoms with Crippen molar-refractivity contribution in [2.45, 2.75) is 25.2 Å². The fraction of sp³-hybridized carbons (Fsp3) is 0.538. The molecule has 0 spiro atoms. The molecule has 1 atom stereocenters. The minimum absolute atomic E-state index is 0.235. The monoisotopic (exact) mass is 219 g/mol. The van der Waals surface area contributed by atoms with Crippen LogP contribution in [0.3, 0.4) is 0 Å². The molecule has 3 rings (SSSR count).